The summed E-state index contributed by atoms with van der Waals surface area (Å²) in [5.74, 6) is 0.766. The molecule has 98 valence electrons. The summed E-state index contributed by atoms with van der Waals surface area (Å²) in [6, 6.07) is 1.40. The first-order chi connectivity index (χ1) is 8.16. The van der Waals surface area contributed by atoms with E-state index >= 15 is 0 Å². The van der Waals surface area contributed by atoms with E-state index < -0.39 is 0 Å². The van der Waals surface area contributed by atoms with Crippen LogP contribution >= 0.6 is 12.2 Å². The van der Waals surface area contributed by atoms with Crippen molar-refractivity contribution in [3.05, 3.63) is 0 Å². The van der Waals surface area contributed by atoms with Crippen LogP contribution in [0.15, 0.2) is 0 Å². The monoisotopic (exact) mass is 254 g/mol. The number of hydrogen-bond acceptors (Lipinski definition) is 1. The smallest absolute Gasteiger partial charge is 0.169 e. The molecule has 0 atom stereocenters. The quantitative estimate of drug-likeness (QED) is 0.758. The van der Waals surface area contributed by atoms with Crippen molar-refractivity contribution in [3.8, 4) is 0 Å². The van der Waals surface area contributed by atoms with Crippen molar-refractivity contribution in [2.75, 3.05) is 6.54 Å². The molecular formula is C14H26N2S. The Balaban J connectivity index is 1.87. The third-order valence-electron chi connectivity index (χ3n) is 3.88. The van der Waals surface area contributed by atoms with Crippen molar-refractivity contribution < 1.29 is 0 Å². The molecule has 0 aromatic carbocycles. The third-order valence-corrected chi connectivity index (χ3v) is 4.23. The van der Waals surface area contributed by atoms with Crippen LogP contribution in [0.5, 0.6) is 0 Å². The summed E-state index contributed by atoms with van der Waals surface area (Å²) >= 11 is 5.60. The molecule has 2 aliphatic carbocycles. The zero-order valence-corrected chi connectivity index (χ0v) is 12.1. The van der Waals surface area contributed by atoms with Crippen molar-refractivity contribution in [3.63, 3.8) is 0 Å². The summed E-state index contributed by atoms with van der Waals surface area (Å²) in [4.78, 5) is 2.49. The molecule has 0 aromatic rings. The normalized spacial score (nSPS) is 20.9. The van der Waals surface area contributed by atoms with Gasteiger partial charge < -0.3 is 10.2 Å². The highest BCUT2D eigenvalue weighted by atomic mass is 32.1. The van der Waals surface area contributed by atoms with Gasteiger partial charge in [0, 0.05) is 18.6 Å². The average molecular weight is 254 g/mol. The summed E-state index contributed by atoms with van der Waals surface area (Å²) in [6.45, 7) is 5.73. The minimum atomic E-state index is 0.686. The van der Waals surface area contributed by atoms with Gasteiger partial charge in [-0.3, -0.25) is 0 Å². The van der Waals surface area contributed by atoms with Crippen LogP contribution in [0.1, 0.15) is 58.8 Å². The molecule has 0 bridgehead atoms. The number of nitrogens with zero attached hydrogens (tertiary/aromatic N) is 1. The van der Waals surface area contributed by atoms with Gasteiger partial charge in [0.05, 0.1) is 0 Å². The fourth-order valence-corrected chi connectivity index (χ4v) is 2.96. The molecule has 0 aliphatic heterocycles. The highest BCUT2D eigenvalue weighted by Crippen LogP contribution is 2.26. The Bertz CT molecular complexity index is 255. The number of rotatable bonds is 5. The molecule has 0 saturated heterocycles. The van der Waals surface area contributed by atoms with Crippen molar-refractivity contribution in [2.24, 2.45) is 5.92 Å². The Morgan fingerprint density at radius 3 is 2.41 bits per heavy atom. The topological polar surface area (TPSA) is 15.3 Å². The van der Waals surface area contributed by atoms with Gasteiger partial charge in [0.1, 0.15) is 0 Å². The van der Waals surface area contributed by atoms with E-state index in [0.29, 0.717) is 12.1 Å². The van der Waals surface area contributed by atoms with E-state index in [1.165, 1.54) is 44.9 Å². The largest absolute Gasteiger partial charge is 0.360 e. The summed E-state index contributed by atoms with van der Waals surface area (Å²) in [5.41, 5.74) is 0. The lowest BCUT2D eigenvalue weighted by atomic mass is 10.1. The van der Waals surface area contributed by atoms with Gasteiger partial charge in [-0.25, -0.2) is 0 Å². The standard InChI is InChI=1S/C14H26N2S/c1-11(2)9-10-16(13-5-3-4-6-13)14(17)15-12-7-8-12/h11-13H,3-10H2,1-2H3,(H,15,17). The van der Waals surface area contributed by atoms with E-state index in [2.05, 4.69) is 24.1 Å². The van der Waals surface area contributed by atoms with Crippen molar-refractivity contribution in [1.29, 1.82) is 0 Å². The molecule has 0 radical (unpaired) electrons. The van der Waals surface area contributed by atoms with Gasteiger partial charge in [0.15, 0.2) is 5.11 Å². The van der Waals surface area contributed by atoms with Gasteiger partial charge in [-0.2, -0.15) is 0 Å². The van der Waals surface area contributed by atoms with E-state index in [4.69, 9.17) is 12.2 Å². The molecule has 0 heterocycles. The second-order valence-corrected chi connectivity index (χ2v) is 6.42. The Morgan fingerprint density at radius 2 is 1.88 bits per heavy atom. The molecule has 2 nitrogen and oxygen atoms in total. The first kappa shape index (κ1) is 13.1. The van der Waals surface area contributed by atoms with Gasteiger partial charge in [-0.05, 0) is 50.2 Å². The lowest BCUT2D eigenvalue weighted by molar-refractivity contribution is 0.292. The number of hydrogen-bond donors (Lipinski definition) is 1. The van der Waals surface area contributed by atoms with Gasteiger partial charge >= 0.3 is 0 Å². The molecule has 1 N–H and O–H groups in total. The van der Waals surface area contributed by atoms with Crippen LogP contribution in [-0.2, 0) is 0 Å². The van der Waals surface area contributed by atoms with Crippen LogP contribution in [0.4, 0.5) is 0 Å². The van der Waals surface area contributed by atoms with E-state index in [9.17, 15) is 0 Å². The summed E-state index contributed by atoms with van der Waals surface area (Å²) in [6.07, 6.45) is 9.31. The highest BCUT2D eigenvalue weighted by Gasteiger charge is 2.28. The maximum atomic E-state index is 5.60. The molecule has 3 heteroatoms. The SMILES string of the molecule is CC(C)CCN(C(=S)NC1CC1)C1CCCC1. The third kappa shape index (κ3) is 4.13. The fourth-order valence-electron chi connectivity index (χ4n) is 2.55. The second-order valence-electron chi connectivity index (χ2n) is 6.04. The van der Waals surface area contributed by atoms with Crippen molar-refractivity contribution >= 4 is 17.3 Å². The lowest BCUT2D eigenvalue weighted by Gasteiger charge is -2.32. The first-order valence-corrected chi connectivity index (χ1v) is 7.65. The van der Waals surface area contributed by atoms with Crippen LogP contribution in [0, 0.1) is 5.92 Å². The summed E-state index contributed by atoms with van der Waals surface area (Å²) < 4.78 is 0. The zero-order chi connectivity index (χ0) is 12.3. The molecule has 2 saturated carbocycles. The number of nitrogens with one attached hydrogen (secondary N) is 1. The van der Waals surface area contributed by atoms with Gasteiger partial charge in [-0.15, -0.1) is 0 Å². The first-order valence-electron chi connectivity index (χ1n) is 7.24. The van der Waals surface area contributed by atoms with Gasteiger partial charge in [-0.1, -0.05) is 26.7 Å². The molecular weight excluding hydrogens is 228 g/mol. The molecule has 17 heavy (non-hydrogen) atoms. The van der Waals surface area contributed by atoms with E-state index in [0.717, 1.165) is 17.6 Å². The van der Waals surface area contributed by atoms with Crippen LogP contribution in [0.25, 0.3) is 0 Å². The molecule has 0 aromatic heterocycles. The van der Waals surface area contributed by atoms with Gasteiger partial charge in [0.25, 0.3) is 0 Å². The predicted molar refractivity (Wildman–Crippen MR) is 77.2 cm³/mol. The maximum absolute atomic E-state index is 5.60. The Hall–Kier alpha value is -0.310. The molecule has 2 aliphatic rings. The minimum Gasteiger partial charge on any atom is -0.360 e. The van der Waals surface area contributed by atoms with E-state index in [-0.39, 0.29) is 0 Å². The predicted octanol–water partition coefficient (Wildman–Crippen LogP) is 3.31. The summed E-state index contributed by atoms with van der Waals surface area (Å²) in [7, 11) is 0. The second kappa shape index (κ2) is 6.03. The Labute approximate surface area is 111 Å². The van der Waals surface area contributed by atoms with Crippen molar-refractivity contribution in [1.82, 2.24) is 10.2 Å². The van der Waals surface area contributed by atoms with Gasteiger partial charge in [0.2, 0.25) is 0 Å². The molecule has 0 amide bonds. The molecule has 2 fully saturated rings. The lowest BCUT2D eigenvalue weighted by Crippen LogP contribution is -2.46. The highest BCUT2D eigenvalue weighted by molar-refractivity contribution is 7.80. The summed E-state index contributed by atoms with van der Waals surface area (Å²) in [5, 5.41) is 4.54. The van der Waals surface area contributed by atoms with Crippen LogP contribution < -0.4 is 5.32 Å². The van der Waals surface area contributed by atoms with Crippen LogP contribution in [0.3, 0.4) is 0 Å². The molecule has 0 spiro atoms. The van der Waals surface area contributed by atoms with Crippen LogP contribution in [0.2, 0.25) is 0 Å². The Kier molecular flexibility index (Phi) is 4.66. The zero-order valence-electron chi connectivity index (χ0n) is 11.2. The van der Waals surface area contributed by atoms with Crippen LogP contribution in [-0.4, -0.2) is 28.6 Å². The maximum Gasteiger partial charge on any atom is 0.169 e. The molecule has 0 unspecified atom stereocenters. The molecule has 2 rings (SSSR count). The van der Waals surface area contributed by atoms with E-state index in [1.807, 2.05) is 0 Å². The van der Waals surface area contributed by atoms with Crippen molar-refractivity contribution in [2.45, 2.75) is 70.9 Å². The Morgan fingerprint density at radius 1 is 1.24 bits per heavy atom. The minimum absolute atomic E-state index is 0.686. The average Bonchev–Trinajstić information content (AvgIpc) is 2.92. The number of thiocarbonyl (C=S) groups is 1. The van der Waals surface area contributed by atoms with E-state index in [1.54, 1.807) is 0 Å². The fraction of sp³-hybridized carbons (Fsp3) is 0.929.